The van der Waals surface area contributed by atoms with Crippen molar-refractivity contribution in [2.75, 3.05) is 0 Å². The molecule has 2 rings (SSSR count). The summed E-state index contributed by atoms with van der Waals surface area (Å²) in [5.41, 5.74) is 1.97. The van der Waals surface area contributed by atoms with E-state index >= 15 is 0 Å². The second-order valence-electron chi connectivity index (χ2n) is 3.93. The molecule has 0 fully saturated rings. The van der Waals surface area contributed by atoms with Gasteiger partial charge in [-0.1, -0.05) is 27.7 Å². The zero-order valence-electron chi connectivity index (χ0n) is 10.3. The molecule has 1 heterocycles. The monoisotopic (exact) mass is 338 g/mol. The van der Waals surface area contributed by atoms with Gasteiger partial charge in [-0.3, -0.25) is 4.98 Å². The number of aryl methyl sites for hydroxylation is 2. The van der Waals surface area contributed by atoms with E-state index in [2.05, 4.69) is 25.9 Å². The summed E-state index contributed by atoms with van der Waals surface area (Å²) in [7, 11) is 0. The Morgan fingerprint density at radius 3 is 2.68 bits per heavy atom. The zero-order chi connectivity index (χ0) is 14.0. The van der Waals surface area contributed by atoms with Crippen molar-refractivity contribution in [2.24, 2.45) is 0 Å². The first-order valence-corrected chi connectivity index (χ1v) is 7.09. The predicted molar refractivity (Wildman–Crippen MR) is 76.7 cm³/mol. The summed E-state index contributed by atoms with van der Waals surface area (Å²) in [5.74, 6) is -0.952. The number of aromatic carboxylic acids is 1. The van der Waals surface area contributed by atoms with Crippen molar-refractivity contribution in [1.29, 1.82) is 0 Å². The summed E-state index contributed by atoms with van der Waals surface area (Å²) in [4.78, 5) is 20.4. The van der Waals surface area contributed by atoms with Crippen LogP contribution in [-0.2, 0) is 0 Å². The Bertz CT molecular complexity index is 647. The molecule has 19 heavy (non-hydrogen) atoms. The van der Waals surface area contributed by atoms with Crippen LogP contribution in [0.15, 0.2) is 38.8 Å². The van der Waals surface area contributed by atoms with Crippen LogP contribution >= 0.6 is 27.7 Å². The number of halogens is 1. The fourth-order valence-corrected chi connectivity index (χ4v) is 2.92. The highest BCUT2D eigenvalue weighted by molar-refractivity contribution is 9.10. The minimum absolute atomic E-state index is 0.258. The van der Waals surface area contributed by atoms with Gasteiger partial charge in [0.2, 0.25) is 0 Å². The number of aromatic nitrogens is 2. The normalized spacial score (nSPS) is 10.5. The summed E-state index contributed by atoms with van der Waals surface area (Å²) in [6.45, 7) is 3.77. The van der Waals surface area contributed by atoms with E-state index in [0.29, 0.717) is 9.92 Å². The number of benzene rings is 1. The predicted octanol–water partition coefficient (Wildman–Crippen LogP) is 3.71. The molecule has 0 atom stereocenters. The van der Waals surface area contributed by atoms with E-state index in [4.69, 9.17) is 5.11 Å². The van der Waals surface area contributed by atoms with Gasteiger partial charge < -0.3 is 5.11 Å². The summed E-state index contributed by atoms with van der Waals surface area (Å²) < 4.78 is 0.830. The standard InChI is InChI=1S/C13H11BrN2O2S/c1-7-8(2)16-12(6-15-7)19-11-5-9(14)3-4-10(11)13(17)18/h3-6H,1-2H3,(H,17,18). The first kappa shape index (κ1) is 14.0. The van der Waals surface area contributed by atoms with Crippen molar-refractivity contribution in [3.05, 3.63) is 45.8 Å². The van der Waals surface area contributed by atoms with Crippen LogP contribution in [0.4, 0.5) is 0 Å². The van der Waals surface area contributed by atoms with Crippen LogP contribution in [0.3, 0.4) is 0 Å². The average molecular weight is 339 g/mol. The third-order valence-electron chi connectivity index (χ3n) is 2.56. The molecule has 0 bridgehead atoms. The minimum Gasteiger partial charge on any atom is -0.478 e. The molecule has 1 aromatic heterocycles. The van der Waals surface area contributed by atoms with Gasteiger partial charge >= 0.3 is 5.97 Å². The molecular formula is C13H11BrN2O2S. The fraction of sp³-hybridized carbons (Fsp3) is 0.154. The Hall–Kier alpha value is -1.40. The maximum absolute atomic E-state index is 11.2. The van der Waals surface area contributed by atoms with E-state index in [1.807, 2.05) is 13.8 Å². The van der Waals surface area contributed by atoms with Gasteiger partial charge in [-0.25, -0.2) is 9.78 Å². The highest BCUT2D eigenvalue weighted by atomic mass is 79.9. The molecule has 6 heteroatoms. The summed E-state index contributed by atoms with van der Waals surface area (Å²) in [5, 5.41) is 9.85. The molecule has 98 valence electrons. The number of rotatable bonds is 3. The van der Waals surface area contributed by atoms with Crippen LogP contribution in [0, 0.1) is 13.8 Å². The van der Waals surface area contributed by atoms with Crippen molar-refractivity contribution in [2.45, 2.75) is 23.8 Å². The Labute approximate surface area is 123 Å². The number of carboxylic acids is 1. The number of carboxylic acid groups (broad SMARTS) is 1. The van der Waals surface area contributed by atoms with Crippen LogP contribution in [-0.4, -0.2) is 21.0 Å². The molecule has 0 unspecified atom stereocenters. The fourth-order valence-electron chi connectivity index (χ4n) is 1.44. The van der Waals surface area contributed by atoms with Gasteiger partial charge in [-0.05, 0) is 32.0 Å². The Morgan fingerprint density at radius 1 is 1.32 bits per heavy atom. The molecule has 0 radical (unpaired) electrons. The highest BCUT2D eigenvalue weighted by Crippen LogP contribution is 2.31. The molecule has 4 nitrogen and oxygen atoms in total. The third-order valence-corrected chi connectivity index (χ3v) is 4.02. The van der Waals surface area contributed by atoms with Crippen LogP contribution in [0.25, 0.3) is 0 Å². The maximum Gasteiger partial charge on any atom is 0.336 e. The van der Waals surface area contributed by atoms with Gasteiger partial charge in [0, 0.05) is 9.37 Å². The summed E-state index contributed by atoms with van der Waals surface area (Å²) >= 11 is 4.64. The lowest BCUT2D eigenvalue weighted by atomic mass is 10.2. The number of carbonyl (C=O) groups is 1. The van der Waals surface area contributed by atoms with Crippen LogP contribution < -0.4 is 0 Å². The highest BCUT2D eigenvalue weighted by Gasteiger charge is 2.12. The van der Waals surface area contributed by atoms with Crippen molar-refractivity contribution in [1.82, 2.24) is 9.97 Å². The van der Waals surface area contributed by atoms with E-state index in [1.165, 1.54) is 11.8 Å². The van der Waals surface area contributed by atoms with E-state index in [0.717, 1.165) is 15.9 Å². The lowest BCUT2D eigenvalue weighted by Gasteiger charge is -2.07. The molecule has 0 saturated heterocycles. The van der Waals surface area contributed by atoms with Gasteiger partial charge in [0.15, 0.2) is 0 Å². The molecule has 0 aliphatic heterocycles. The second kappa shape index (κ2) is 5.71. The molecule has 0 amide bonds. The minimum atomic E-state index is -0.952. The van der Waals surface area contributed by atoms with Crippen LogP contribution in [0.1, 0.15) is 21.7 Å². The summed E-state index contributed by atoms with van der Waals surface area (Å²) in [6.07, 6.45) is 1.65. The lowest BCUT2D eigenvalue weighted by molar-refractivity contribution is 0.0693. The second-order valence-corrected chi connectivity index (χ2v) is 5.90. The van der Waals surface area contributed by atoms with Crippen molar-refractivity contribution >= 4 is 33.7 Å². The third kappa shape index (κ3) is 3.33. The molecule has 0 saturated carbocycles. The topological polar surface area (TPSA) is 63.1 Å². The van der Waals surface area contributed by atoms with Gasteiger partial charge in [0.1, 0.15) is 5.03 Å². The molecule has 0 spiro atoms. The molecule has 2 aromatic rings. The molecule has 1 N–H and O–H groups in total. The first-order valence-electron chi connectivity index (χ1n) is 5.48. The first-order chi connectivity index (χ1) is 8.97. The lowest BCUT2D eigenvalue weighted by Crippen LogP contribution is -1.99. The Balaban J connectivity index is 2.39. The van der Waals surface area contributed by atoms with Crippen molar-refractivity contribution in [3.63, 3.8) is 0 Å². The van der Waals surface area contributed by atoms with E-state index in [1.54, 1.807) is 24.4 Å². The summed E-state index contributed by atoms with van der Waals surface area (Å²) in [6, 6.07) is 5.05. The SMILES string of the molecule is Cc1ncc(Sc2cc(Br)ccc2C(=O)O)nc1C. The Kier molecular flexibility index (Phi) is 4.21. The van der Waals surface area contributed by atoms with Gasteiger partial charge in [0.25, 0.3) is 0 Å². The largest absolute Gasteiger partial charge is 0.478 e. The van der Waals surface area contributed by atoms with Crippen LogP contribution in [0.2, 0.25) is 0 Å². The van der Waals surface area contributed by atoms with Gasteiger partial charge in [-0.2, -0.15) is 0 Å². The molecular weight excluding hydrogens is 328 g/mol. The number of hydrogen-bond acceptors (Lipinski definition) is 4. The number of nitrogens with zero attached hydrogens (tertiary/aromatic N) is 2. The smallest absolute Gasteiger partial charge is 0.336 e. The maximum atomic E-state index is 11.2. The van der Waals surface area contributed by atoms with Crippen molar-refractivity contribution in [3.8, 4) is 0 Å². The van der Waals surface area contributed by atoms with E-state index in [9.17, 15) is 4.79 Å². The average Bonchev–Trinajstić information content (AvgIpc) is 2.33. The van der Waals surface area contributed by atoms with Crippen LogP contribution in [0.5, 0.6) is 0 Å². The molecule has 1 aromatic carbocycles. The van der Waals surface area contributed by atoms with Gasteiger partial charge in [0.05, 0.1) is 23.1 Å². The van der Waals surface area contributed by atoms with Gasteiger partial charge in [-0.15, -0.1) is 0 Å². The molecule has 0 aliphatic rings. The quantitative estimate of drug-likeness (QED) is 0.924. The molecule has 0 aliphatic carbocycles. The number of hydrogen-bond donors (Lipinski definition) is 1. The Morgan fingerprint density at radius 2 is 2.05 bits per heavy atom. The zero-order valence-corrected chi connectivity index (χ0v) is 12.7. The van der Waals surface area contributed by atoms with Crippen molar-refractivity contribution < 1.29 is 9.90 Å². The van der Waals surface area contributed by atoms with E-state index < -0.39 is 5.97 Å². The van der Waals surface area contributed by atoms with E-state index in [-0.39, 0.29) is 5.56 Å².